The highest BCUT2D eigenvalue weighted by molar-refractivity contribution is 9.10. The SMILES string of the molecule is CC1(C)C=C(n2ccccc2=S)c2cc(Br)ccc2C1C=O. The number of hydrogen-bond acceptors (Lipinski definition) is 2. The third-order valence-electron chi connectivity index (χ3n) is 4.15. The van der Waals surface area contributed by atoms with E-state index in [9.17, 15) is 4.79 Å². The zero-order valence-electron chi connectivity index (χ0n) is 12.4. The molecular weight excluding hydrogens is 358 g/mol. The van der Waals surface area contributed by atoms with Gasteiger partial charge < -0.3 is 9.36 Å². The van der Waals surface area contributed by atoms with Crippen LogP contribution >= 0.6 is 28.1 Å². The van der Waals surface area contributed by atoms with Gasteiger partial charge in [0, 0.05) is 22.2 Å². The van der Waals surface area contributed by atoms with Gasteiger partial charge in [0.05, 0.1) is 5.70 Å². The predicted molar refractivity (Wildman–Crippen MR) is 95.4 cm³/mol. The molecule has 1 atom stereocenters. The Kier molecular flexibility index (Phi) is 3.91. The van der Waals surface area contributed by atoms with Crippen LogP contribution in [0.5, 0.6) is 0 Å². The lowest BCUT2D eigenvalue weighted by atomic mass is 9.70. The summed E-state index contributed by atoms with van der Waals surface area (Å²) < 4.78 is 3.74. The molecule has 1 aliphatic carbocycles. The third kappa shape index (κ3) is 2.50. The van der Waals surface area contributed by atoms with E-state index in [1.807, 2.05) is 41.1 Å². The van der Waals surface area contributed by atoms with Crippen LogP contribution in [-0.2, 0) is 4.79 Å². The fourth-order valence-electron chi connectivity index (χ4n) is 3.02. The van der Waals surface area contributed by atoms with Crippen LogP contribution in [0, 0.1) is 10.1 Å². The van der Waals surface area contributed by atoms with Crippen LogP contribution in [0.1, 0.15) is 30.9 Å². The number of aromatic nitrogens is 1. The first-order chi connectivity index (χ1) is 10.4. The van der Waals surface area contributed by atoms with Crippen molar-refractivity contribution in [2.75, 3.05) is 0 Å². The van der Waals surface area contributed by atoms with Crippen LogP contribution in [0.4, 0.5) is 0 Å². The van der Waals surface area contributed by atoms with Gasteiger partial charge in [0.1, 0.15) is 10.9 Å². The molecule has 1 heterocycles. The molecule has 1 aromatic carbocycles. The molecule has 112 valence electrons. The Labute approximate surface area is 143 Å². The van der Waals surface area contributed by atoms with E-state index in [-0.39, 0.29) is 11.3 Å². The molecule has 3 rings (SSSR count). The zero-order valence-corrected chi connectivity index (χ0v) is 14.8. The molecule has 0 aliphatic heterocycles. The highest BCUT2D eigenvalue weighted by Gasteiger charge is 2.35. The zero-order chi connectivity index (χ0) is 15.9. The summed E-state index contributed by atoms with van der Waals surface area (Å²) in [6.07, 6.45) is 5.16. The minimum atomic E-state index is -0.261. The van der Waals surface area contributed by atoms with Gasteiger partial charge in [0.2, 0.25) is 0 Å². The number of aldehydes is 1. The lowest BCUT2D eigenvalue weighted by Gasteiger charge is -2.35. The molecule has 1 aliphatic rings. The van der Waals surface area contributed by atoms with Crippen molar-refractivity contribution in [1.29, 1.82) is 0 Å². The Morgan fingerprint density at radius 2 is 2.05 bits per heavy atom. The Bertz CT molecular complexity index is 835. The van der Waals surface area contributed by atoms with Crippen molar-refractivity contribution in [2.45, 2.75) is 19.8 Å². The Hall–Kier alpha value is -1.52. The second-order valence-electron chi connectivity index (χ2n) is 6.11. The lowest BCUT2D eigenvalue weighted by Crippen LogP contribution is -2.27. The lowest BCUT2D eigenvalue weighted by molar-refractivity contribution is -0.110. The summed E-state index contributed by atoms with van der Waals surface area (Å²) in [6.45, 7) is 4.17. The maximum absolute atomic E-state index is 11.7. The molecule has 0 bridgehead atoms. The number of carbonyl (C=O) groups is 1. The van der Waals surface area contributed by atoms with Crippen LogP contribution in [0.25, 0.3) is 5.70 Å². The molecule has 0 fully saturated rings. The van der Waals surface area contributed by atoms with Gasteiger partial charge in [-0.3, -0.25) is 0 Å². The van der Waals surface area contributed by atoms with Crippen LogP contribution in [0.2, 0.25) is 0 Å². The van der Waals surface area contributed by atoms with Gasteiger partial charge in [-0.2, -0.15) is 0 Å². The summed E-state index contributed by atoms with van der Waals surface area (Å²) in [7, 11) is 0. The largest absolute Gasteiger partial charge is 0.308 e. The Morgan fingerprint density at radius 3 is 2.73 bits per heavy atom. The van der Waals surface area contributed by atoms with Crippen LogP contribution in [0.3, 0.4) is 0 Å². The number of fused-ring (bicyclic) bond motifs is 1. The third-order valence-corrected chi connectivity index (χ3v) is 4.98. The summed E-state index contributed by atoms with van der Waals surface area (Å²) in [5.41, 5.74) is 2.87. The Balaban J connectivity index is 2.33. The first-order valence-corrected chi connectivity index (χ1v) is 8.30. The van der Waals surface area contributed by atoms with Gasteiger partial charge in [-0.05, 0) is 35.2 Å². The molecule has 0 N–H and O–H groups in total. The van der Waals surface area contributed by atoms with Gasteiger partial charge in [-0.25, -0.2) is 0 Å². The highest BCUT2D eigenvalue weighted by atomic mass is 79.9. The minimum absolute atomic E-state index is 0.155. The number of rotatable bonds is 2. The van der Waals surface area contributed by atoms with Crippen molar-refractivity contribution in [3.8, 4) is 0 Å². The van der Waals surface area contributed by atoms with Crippen molar-refractivity contribution < 1.29 is 4.79 Å². The minimum Gasteiger partial charge on any atom is -0.308 e. The van der Waals surface area contributed by atoms with Gasteiger partial charge in [-0.15, -0.1) is 0 Å². The molecule has 0 saturated heterocycles. The summed E-state index contributed by atoms with van der Waals surface area (Å²) in [5.74, 6) is -0.155. The van der Waals surface area contributed by atoms with Gasteiger partial charge in [-0.1, -0.05) is 60.2 Å². The fraction of sp³-hybridized carbons (Fsp3) is 0.222. The van der Waals surface area contributed by atoms with E-state index in [0.717, 1.165) is 32.2 Å². The van der Waals surface area contributed by atoms with E-state index in [1.54, 1.807) is 0 Å². The number of allylic oxidation sites excluding steroid dienone is 1. The smallest absolute Gasteiger partial charge is 0.128 e. The molecule has 22 heavy (non-hydrogen) atoms. The predicted octanol–water partition coefficient (Wildman–Crippen LogP) is 5.19. The second kappa shape index (κ2) is 5.60. The topological polar surface area (TPSA) is 22.0 Å². The van der Waals surface area contributed by atoms with Crippen molar-refractivity contribution in [1.82, 2.24) is 4.57 Å². The standard InChI is InChI=1S/C18H16BrNOS/c1-18(2)10-16(20-8-4-3-5-17(20)22)14-9-12(19)6-7-13(14)15(18)11-21/h3-11,15H,1-2H3. The van der Waals surface area contributed by atoms with E-state index in [2.05, 4.69) is 41.9 Å². The quantitative estimate of drug-likeness (QED) is 0.533. The monoisotopic (exact) mass is 373 g/mol. The van der Waals surface area contributed by atoms with Crippen molar-refractivity contribution in [2.24, 2.45) is 5.41 Å². The molecule has 1 aromatic heterocycles. The number of nitrogens with zero attached hydrogens (tertiary/aromatic N) is 1. The molecule has 0 saturated carbocycles. The van der Waals surface area contributed by atoms with E-state index < -0.39 is 0 Å². The van der Waals surface area contributed by atoms with Gasteiger partial charge >= 0.3 is 0 Å². The number of halogens is 1. The normalized spacial score (nSPS) is 19.2. The molecule has 1 unspecified atom stereocenters. The maximum atomic E-state index is 11.7. The van der Waals surface area contributed by atoms with E-state index in [0.29, 0.717) is 0 Å². The summed E-state index contributed by atoms with van der Waals surface area (Å²) >= 11 is 9.00. The van der Waals surface area contributed by atoms with Crippen LogP contribution in [0.15, 0.2) is 53.1 Å². The average molecular weight is 374 g/mol. The van der Waals surface area contributed by atoms with E-state index in [1.165, 1.54) is 0 Å². The number of carbonyl (C=O) groups excluding carboxylic acids is 1. The van der Waals surface area contributed by atoms with Gasteiger partial charge in [0.25, 0.3) is 0 Å². The molecule has 2 aromatic rings. The molecule has 4 heteroatoms. The number of pyridine rings is 1. The molecule has 2 nitrogen and oxygen atoms in total. The maximum Gasteiger partial charge on any atom is 0.128 e. The summed E-state index contributed by atoms with van der Waals surface area (Å²) in [5, 5.41) is 0. The molecule has 0 radical (unpaired) electrons. The molecular formula is C18H16BrNOS. The van der Waals surface area contributed by atoms with Crippen LogP contribution < -0.4 is 0 Å². The van der Waals surface area contributed by atoms with Crippen molar-refractivity contribution >= 4 is 40.1 Å². The van der Waals surface area contributed by atoms with Gasteiger partial charge in [0.15, 0.2) is 0 Å². The molecule has 0 amide bonds. The van der Waals surface area contributed by atoms with E-state index in [4.69, 9.17) is 12.2 Å². The number of hydrogen-bond donors (Lipinski definition) is 0. The van der Waals surface area contributed by atoms with E-state index >= 15 is 0 Å². The summed E-state index contributed by atoms with van der Waals surface area (Å²) in [4.78, 5) is 11.7. The summed E-state index contributed by atoms with van der Waals surface area (Å²) in [6, 6.07) is 11.9. The highest BCUT2D eigenvalue weighted by Crippen LogP contribution is 2.45. The fourth-order valence-corrected chi connectivity index (χ4v) is 3.62. The molecule has 0 spiro atoms. The average Bonchev–Trinajstić information content (AvgIpc) is 2.47. The van der Waals surface area contributed by atoms with Crippen molar-refractivity contribution in [3.05, 3.63) is 68.9 Å². The van der Waals surface area contributed by atoms with Crippen LogP contribution in [-0.4, -0.2) is 10.9 Å². The first-order valence-electron chi connectivity index (χ1n) is 7.10. The van der Waals surface area contributed by atoms with Crippen molar-refractivity contribution in [3.63, 3.8) is 0 Å². The second-order valence-corrected chi connectivity index (χ2v) is 7.44. The number of benzene rings is 1. The Morgan fingerprint density at radius 1 is 1.27 bits per heavy atom. The first kappa shape index (κ1) is 15.4.